The maximum atomic E-state index is 13.8. The number of para-hydroxylation sites is 2. The van der Waals surface area contributed by atoms with Crippen molar-refractivity contribution >= 4 is 55.5 Å². The highest BCUT2D eigenvalue weighted by atomic mass is 79.9. The van der Waals surface area contributed by atoms with Gasteiger partial charge in [0.25, 0.3) is 11.8 Å². The van der Waals surface area contributed by atoms with Crippen LogP contribution in [0.5, 0.6) is 0 Å². The molecule has 0 saturated carbocycles. The van der Waals surface area contributed by atoms with Crippen molar-refractivity contribution in [1.29, 1.82) is 0 Å². The van der Waals surface area contributed by atoms with Gasteiger partial charge in [0.2, 0.25) is 5.95 Å². The smallest absolute Gasteiger partial charge is 0.255 e. The molecule has 8 rings (SSSR count). The zero-order chi connectivity index (χ0) is 33.8. The quantitative estimate of drug-likeness (QED) is 0.252. The van der Waals surface area contributed by atoms with E-state index in [2.05, 4.69) is 59.9 Å². The van der Waals surface area contributed by atoms with Crippen molar-refractivity contribution < 1.29 is 9.59 Å². The third-order valence-corrected chi connectivity index (χ3v) is 10.2. The van der Waals surface area contributed by atoms with Gasteiger partial charge in [-0.25, -0.2) is 14.6 Å². The molecule has 4 aromatic heterocycles. The summed E-state index contributed by atoms with van der Waals surface area (Å²) >= 11 is 3.47. The number of hydrogen-bond acceptors (Lipinski definition) is 8. The first-order chi connectivity index (χ1) is 23.7. The van der Waals surface area contributed by atoms with Crippen molar-refractivity contribution in [1.82, 2.24) is 49.5 Å². The molecule has 49 heavy (non-hydrogen) atoms. The number of benzene rings is 2. The predicted octanol–water partition coefficient (Wildman–Crippen LogP) is 5.06. The van der Waals surface area contributed by atoms with Gasteiger partial charge < -0.3 is 14.8 Å². The fraction of sp³-hybridized carbons (Fsp3) is 0.343. The van der Waals surface area contributed by atoms with E-state index in [9.17, 15) is 9.59 Å². The summed E-state index contributed by atoms with van der Waals surface area (Å²) in [5.41, 5.74) is 5.40. The van der Waals surface area contributed by atoms with Gasteiger partial charge in [0.15, 0.2) is 5.65 Å². The number of halogens is 1. The number of nitrogens with one attached hydrogen (secondary N) is 1. The van der Waals surface area contributed by atoms with E-state index in [0.29, 0.717) is 43.3 Å². The number of pyridine rings is 1. The number of aromatic amines is 1. The van der Waals surface area contributed by atoms with E-state index in [4.69, 9.17) is 5.10 Å². The second-order valence-corrected chi connectivity index (χ2v) is 14.0. The van der Waals surface area contributed by atoms with E-state index in [-0.39, 0.29) is 29.9 Å². The lowest BCUT2D eigenvalue weighted by Gasteiger charge is -2.44. The molecule has 6 aromatic rings. The van der Waals surface area contributed by atoms with Crippen LogP contribution in [0.3, 0.4) is 0 Å². The highest BCUT2D eigenvalue weighted by Crippen LogP contribution is 2.29. The van der Waals surface area contributed by atoms with Crippen LogP contribution >= 0.6 is 15.9 Å². The number of piperazine rings is 1. The maximum absolute atomic E-state index is 13.8. The van der Waals surface area contributed by atoms with Crippen molar-refractivity contribution in [3.8, 4) is 5.95 Å². The minimum absolute atomic E-state index is 0.0311. The monoisotopic (exact) mass is 721 g/mol. The van der Waals surface area contributed by atoms with Gasteiger partial charge in [-0.15, -0.1) is 5.10 Å². The summed E-state index contributed by atoms with van der Waals surface area (Å²) in [6.45, 7) is 8.57. The minimum atomic E-state index is -0.386. The van der Waals surface area contributed by atoms with Crippen LogP contribution in [0.15, 0.2) is 71.5 Å². The first-order valence-corrected chi connectivity index (χ1v) is 17.4. The summed E-state index contributed by atoms with van der Waals surface area (Å²) in [5, 5.41) is 14.4. The Bertz CT molecular complexity index is 2140. The molecule has 14 heteroatoms. The summed E-state index contributed by atoms with van der Waals surface area (Å²) < 4.78 is 4.39. The summed E-state index contributed by atoms with van der Waals surface area (Å²) in [4.78, 5) is 46.1. The molecule has 2 saturated heterocycles. The molecule has 13 nitrogen and oxygen atoms in total. The normalized spacial score (nSPS) is 20.5. The molecule has 2 fully saturated rings. The van der Waals surface area contributed by atoms with Gasteiger partial charge in [-0.2, -0.15) is 9.78 Å². The first-order valence-electron chi connectivity index (χ1n) is 16.6. The Morgan fingerprint density at radius 3 is 2.61 bits per heavy atom. The number of aromatic nitrogens is 8. The molecule has 1 N–H and O–H groups in total. The van der Waals surface area contributed by atoms with Gasteiger partial charge in [0.1, 0.15) is 6.04 Å². The van der Waals surface area contributed by atoms with Crippen molar-refractivity contribution in [3.05, 3.63) is 88.4 Å². The van der Waals surface area contributed by atoms with E-state index >= 15 is 0 Å². The molecule has 1 unspecified atom stereocenters. The third kappa shape index (κ3) is 5.78. The highest BCUT2D eigenvalue weighted by Gasteiger charge is 2.35. The Labute approximate surface area is 291 Å². The highest BCUT2D eigenvalue weighted by molar-refractivity contribution is 9.10. The van der Waals surface area contributed by atoms with Gasteiger partial charge in [-0.3, -0.25) is 14.5 Å². The molecule has 2 aliphatic heterocycles. The summed E-state index contributed by atoms with van der Waals surface area (Å²) in [6.07, 6.45) is 5.15. The number of fused-ring (bicyclic) bond motifs is 2. The zero-order valence-corrected chi connectivity index (χ0v) is 29.1. The molecule has 0 spiro atoms. The van der Waals surface area contributed by atoms with Crippen molar-refractivity contribution in [2.45, 2.75) is 58.3 Å². The number of aryl methyl sites for hydroxylation is 1. The van der Waals surface area contributed by atoms with E-state index in [1.807, 2.05) is 77.5 Å². The van der Waals surface area contributed by atoms with Gasteiger partial charge in [-0.1, -0.05) is 33.3 Å². The van der Waals surface area contributed by atoms with Crippen molar-refractivity contribution in [3.63, 3.8) is 0 Å². The number of carbonyl (C=O) groups excluding carboxylic acids is 2. The minimum Gasteiger partial charge on any atom is -0.335 e. The van der Waals surface area contributed by atoms with Crippen LogP contribution in [0, 0.1) is 6.92 Å². The van der Waals surface area contributed by atoms with E-state index in [0.717, 1.165) is 50.8 Å². The lowest BCUT2D eigenvalue weighted by atomic mass is 10.0. The van der Waals surface area contributed by atoms with Crippen LogP contribution in [0.4, 0.5) is 5.69 Å². The number of rotatable bonds is 6. The van der Waals surface area contributed by atoms with E-state index < -0.39 is 0 Å². The van der Waals surface area contributed by atoms with Gasteiger partial charge in [0.05, 0.1) is 34.2 Å². The Hall–Kier alpha value is -4.95. The molecule has 250 valence electrons. The average molecular weight is 723 g/mol. The molecule has 0 bridgehead atoms. The number of amides is 2. The van der Waals surface area contributed by atoms with Gasteiger partial charge in [0, 0.05) is 60.0 Å². The fourth-order valence-corrected chi connectivity index (χ4v) is 7.43. The molecule has 0 aliphatic carbocycles. The van der Waals surface area contributed by atoms with Crippen LogP contribution in [-0.2, 0) is 11.3 Å². The average Bonchev–Trinajstić information content (AvgIpc) is 3.83. The van der Waals surface area contributed by atoms with Crippen LogP contribution in [-0.4, -0.2) is 93.1 Å². The third-order valence-electron chi connectivity index (χ3n) is 9.69. The lowest BCUT2D eigenvalue weighted by Crippen LogP contribution is -2.57. The number of piperidine rings is 1. The molecule has 6 heterocycles. The molecule has 2 aliphatic rings. The van der Waals surface area contributed by atoms with Gasteiger partial charge in [-0.05, 0) is 76.1 Å². The van der Waals surface area contributed by atoms with Crippen LogP contribution in [0.25, 0.3) is 28.0 Å². The van der Waals surface area contributed by atoms with Crippen LogP contribution in [0.2, 0.25) is 0 Å². The molecule has 2 amide bonds. The zero-order valence-electron chi connectivity index (χ0n) is 27.5. The summed E-state index contributed by atoms with van der Waals surface area (Å²) in [6, 6.07) is 17.3. The number of hydrogen-bond donors (Lipinski definition) is 1. The number of anilines is 1. The molecule has 2 aromatic carbocycles. The molecular formula is C35H36BrN11O2. The second-order valence-electron chi connectivity index (χ2n) is 13.1. The fourth-order valence-electron chi connectivity index (χ4n) is 7.17. The number of carbonyl (C=O) groups is 2. The van der Waals surface area contributed by atoms with E-state index in [1.165, 1.54) is 0 Å². The second kappa shape index (κ2) is 12.5. The topological polar surface area (TPSA) is 134 Å². The molecule has 3 atom stereocenters. The number of imidazole rings is 1. The Balaban J connectivity index is 0.942. The van der Waals surface area contributed by atoms with Crippen molar-refractivity contribution in [2.75, 3.05) is 24.5 Å². The number of nitrogens with zero attached hydrogens (tertiary/aromatic N) is 10. The Morgan fingerprint density at radius 1 is 1.06 bits per heavy atom. The molecule has 0 radical (unpaired) electrons. The van der Waals surface area contributed by atoms with E-state index in [1.54, 1.807) is 15.6 Å². The standard InChI is InChI=1S/C35H36BrN11O2/c1-21-17-43(33(48)24-15-28-23(3)41-47(32(28)37-16-24)35-38-29-7-4-5-8-30(29)39-35)18-22(2)45(21)19-26-20-46(42-40-26)31-9-6-14-44(34(31)49)27-12-10-25(36)11-13-27/h4-5,7-8,10-13,15-16,20-22,31H,6,9,14,17-19H2,1-3H3,(H,38,39)/t21-,22+,31?. The van der Waals surface area contributed by atoms with Gasteiger partial charge >= 0.3 is 0 Å². The van der Waals surface area contributed by atoms with Crippen molar-refractivity contribution in [2.24, 2.45) is 0 Å². The van der Waals surface area contributed by atoms with Crippen LogP contribution < -0.4 is 4.90 Å². The predicted molar refractivity (Wildman–Crippen MR) is 188 cm³/mol. The lowest BCUT2D eigenvalue weighted by molar-refractivity contribution is -0.123. The SMILES string of the molecule is Cc1nn(-c2nc3ccccc3[nH]2)c2ncc(C(=O)N3C[C@@H](C)N(Cc4cn(C5CCCN(c6ccc(Br)cc6)C5=O)nn4)[C@@H](C)C3)cc12. The maximum Gasteiger partial charge on any atom is 0.255 e. The Kier molecular flexibility index (Phi) is 7.99. The first kappa shape index (κ1) is 31.3. The summed E-state index contributed by atoms with van der Waals surface area (Å²) in [5.74, 6) is 0.557. The Morgan fingerprint density at radius 2 is 1.84 bits per heavy atom. The largest absolute Gasteiger partial charge is 0.335 e. The summed E-state index contributed by atoms with van der Waals surface area (Å²) in [7, 11) is 0. The van der Waals surface area contributed by atoms with Crippen LogP contribution in [0.1, 0.15) is 54.5 Å². The number of H-pyrrole nitrogens is 1. The molecular weight excluding hydrogens is 686 g/mol.